The summed E-state index contributed by atoms with van der Waals surface area (Å²) in [7, 11) is 0. The number of halogens is 3. The van der Waals surface area contributed by atoms with Crippen molar-refractivity contribution in [1.29, 1.82) is 0 Å². The Kier molecular flexibility index (Phi) is 6.15. The number of rotatable bonds is 5. The number of benzene rings is 3. The van der Waals surface area contributed by atoms with Gasteiger partial charge in [0, 0.05) is 6.21 Å². The molecule has 0 saturated heterocycles. The van der Waals surface area contributed by atoms with E-state index in [0.29, 0.717) is 15.8 Å². The van der Waals surface area contributed by atoms with Crippen molar-refractivity contribution in [3.63, 3.8) is 0 Å². The SMILES string of the molecule is Cc1ccc(N=Cc2cc(Cl)c(OCc3ccc(F)cc3)c(Cl)c2)cc1C. The van der Waals surface area contributed by atoms with E-state index in [0.717, 1.165) is 16.8 Å². The Morgan fingerprint density at radius 1 is 0.926 bits per heavy atom. The number of aliphatic imine (C=N–C) groups is 1. The Morgan fingerprint density at radius 2 is 1.59 bits per heavy atom. The van der Waals surface area contributed by atoms with Gasteiger partial charge in [0.1, 0.15) is 12.4 Å². The lowest BCUT2D eigenvalue weighted by Crippen LogP contribution is -1.97. The predicted molar refractivity (Wildman–Crippen MR) is 110 cm³/mol. The van der Waals surface area contributed by atoms with Gasteiger partial charge in [0.15, 0.2) is 5.75 Å². The monoisotopic (exact) mass is 401 g/mol. The summed E-state index contributed by atoms with van der Waals surface area (Å²) in [5.41, 5.74) is 4.87. The van der Waals surface area contributed by atoms with Crippen molar-refractivity contribution >= 4 is 35.1 Å². The van der Waals surface area contributed by atoms with Crippen molar-refractivity contribution in [1.82, 2.24) is 0 Å². The van der Waals surface area contributed by atoms with E-state index in [1.807, 2.05) is 18.2 Å². The zero-order chi connectivity index (χ0) is 19.4. The number of hydrogen-bond acceptors (Lipinski definition) is 2. The number of aryl methyl sites for hydroxylation is 2. The molecule has 27 heavy (non-hydrogen) atoms. The molecule has 0 unspecified atom stereocenters. The molecule has 0 fully saturated rings. The summed E-state index contributed by atoms with van der Waals surface area (Å²) in [6.45, 7) is 4.36. The summed E-state index contributed by atoms with van der Waals surface area (Å²) in [5.74, 6) is 0.105. The second kappa shape index (κ2) is 8.55. The topological polar surface area (TPSA) is 21.6 Å². The molecule has 0 aliphatic rings. The van der Waals surface area contributed by atoms with E-state index >= 15 is 0 Å². The van der Waals surface area contributed by atoms with Crippen LogP contribution in [0.25, 0.3) is 0 Å². The molecular weight excluding hydrogens is 384 g/mol. The van der Waals surface area contributed by atoms with Crippen molar-refractivity contribution in [2.45, 2.75) is 20.5 Å². The van der Waals surface area contributed by atoms with Gasteiger partial charge in [-0.05, 0) is 72.5 Å². The average Bonchev–Trinajstić information content (AvgIpc) is 2.63. The molecule has 3 aromatic carbocycles. The summed E-state index contributed by atoms with van der Waals surface area (Å²) in [6.07, 6.45) is 1.71. The van der Waals surface area contributed by atoms with Crippen LogP contribution in [0.2, 0.25) is 10.0 Å². The van der Waals surface area contributed by atoms with E-state index in [-0.39, 0.29) is 12.4 Å². The van der Waals surface area contributed by atoms with Crippen LogP contribution < -0.4 is 4.74 Å². The van der Waals surface area contributed by atoms with Crippen LogP contribution in [0.5, 0.6) is 5.75 Å². The number of ether oxygens (including phenoxy) is 1. The molecule has 0 radical (unpaired) electrons. The van der Waals surface area contributed by atoms with Gasteiger partial charge in [-0.1, -0.05) is 41.4 Å². The minimum absolute atomic E-state index is 0.246. The van der Waals surface area contributed by atoms with E-state index < -0.39 is 0 Å². The summed E-state index contributed by atoms with van der Waals surface area (Å²) < 4.78 is 18.7. The van der Waals surface area contributed by atoms with E-state index in [9.17, 15) is 4.39 Å². The molecular formula is C22H18Cl2FNO. The standard InChI is InChI=1S/C22H18Cl2FNO/c1-14-3-8-19(9-15(14)2)26-12-17-10-20(23)22(21(24)11-17)27-13-16-4-6-18(25)7-5-16/h3-12H,13H2,1-2H3. The van der Waals surface area contributed by atoms with Crippen LogP contribution in [-0.4, -0.2) is 6.21 Å². The lowest BCUT2D eigenvalue weighted by atomic mass is 10.1. The van der Waals surface area contributed by atoms with Gasteiger partial charge in [0.05, 0.1) is 15.7 Å². The maximum absolute atomic E-state index is 13.0. The molecule has 0 N–H and O–H groups in total. The van der Waals surface area contributed by atoms with E-state index in [1.165, 1.54) is 23.3 Å². The molecule has 3 aromatic rings. The Bertz CT molecular complexity index is 961. The van der Waals surface area contributed by atoms with Crippen LogP contribution in [0.15, 0.2) is 59.6 Å². The van der Waals surface area contributed by atoms with Crippen LogP contribution in [0, 0.1) is 19.7 Å². The Morgan fingerprint density at radius 3 is 2.22 bits per heavy atom. The predicted octanol–water partition coefficient (Wildman–Crippen LogP) is 7.08. The summed E-state index contributed by atoms with van der Waals surface area (Å²) in [6, 6.07) is 15.6. The third-order valence-electron chi connectivity index (χ3n) is 4.17. The fourth-order valence-corrected chi connectivity index (χ4v) is 3.10. The van der Waals surface area contributed by atoms with Gasteiger partial charge in [-0.15, -0.1) is 0 Å². The molecule has 3 rings (SSSR count). The molecule has 0 aliphatic heterocycles. The minimum atomic E-state index is -0.290. The second-order valence-corrected chi connectivity index (χ2v) is 7.07. The highest BCUT2D eigenvalue weighted by Gasteiger charge is 2.10. The van der Waals surface area contributed by atoms with E-state index in [4.69, 9.17) is 27.9 Å². The highest BCUT2D eigenvalue weighted by Crippen LogP contribution is 2.34. The van der Waals surface area contributed by atoms with Crippen LogP contribution in [0.3, 0.4) is 0 Å². The fraction of sp³-hybridized carbons (Fsp3) is 0.136. The van der Waals surface area contributed by atoms with E-state index in [1.54, 1.807) is 30.5 Å². The molecule has 0 heterocycles. The highest BCUT2D eigenvalue weighted by molar-refractivity contribution is 6.37. The minimum Gasteiger partial charge on any atom is -0.486 e. The zero-order valence-electron chi connectivity index (χ0n) is 15.0. The van der Waals surface area contributed by atoms with Crippen LogP contribution in [0.1, 0.15) is 22.3 Å². The first-order chi connectivity index (χ1) is 12.9. The third kappa shape index (κ3) is 5.09. The molecule has 0 amide bonds. The van der Waals surface area contributed by atoms with Crippen LogP contribution in [0.4, 0.5) is 10.1 Å². The fourth-order valence-electron chi connectivity index (χ4n) is 2.48. The van der Waals surface area contributed by atoms with Crippen molar-refractivity contribution < 1.29 is 9.13 Å². The Labute approximate surface area is 168 Å². The number of hydrogen-bond donors (Lipinski definition) is 0. The quantitative estimate of drug-likeness (QED) is 0.418. The average molecular weight is 402 g/mol. The molecule has 0 aromatic heterocycles. The van der Waals surface area contributed by atoms with Gasteiger partial charge in [0.2, 0.25) is 0 Å². The summed E-state index contributed by atoms with van der Waals surface area (Å²) >= 11 is 12.6. The third-order valence-corrected chi connectivity index (χ3v) is 4.73. The first kappa shape index (κ1) is 19.4. The molecule has 0 bridgehead atoms. The van der Waals surface area contributed by atoms with Crippen LogP contribution in [-0.2, 0) is 6.61 Å². The lowest BCUT2D eigenvalue weighted by Gasteiger charge is -2.11. The maximum Gasteiger partial charge on any atom is 0.157 e. The van der Waals surface area contributed by atoms with Crippen molar-refractivity contribution in [2.24, 2.45) is 4.99 Å². The first-order valence-corrected chi connectivity index (χ1v) is 9.15. The highest BCUT2D eigenvalue weighted by atomic mass is 35.5. The maximum atomic E-state index is 13.0. The molecule has 5 heteroatoms. The summed E-state index contributed by atoms with van der Waals surface area (Å²) in [5, 5.41) is 0.789. The number of nitrogens with zero attached hydrogens (tertiary/aromatic N) is 1. The molecule has 0 spiro atoms. The zero-order valence-corrected chi connectivity index (χ0v) is 16.5. The van der Waals surface area contributed by atoms with Crippen molar-refractivity contribution in [2.75, 3.05) is 0 Å². The molecule has 0 saturated carbocycles. The lowest BCUT2D eigenvalue weighted by molar-refractivity contribution is 0.306. The molecule has 2 nitrogen and oxygen atoms in total. The van der Waals surface area contributed by atoms with Gasteiger partial charge in [-0.3, -0.25) is 4.99 Å². The first-order valence-electron chi connectivity index (χ1n) is 8.40. The van der Waals surface area contributed by atoms with Gasteiger partial charge < -0.3 is 4.74 Å². The van der Waals surface area contributed by atoms with E-state index in [2.05, 4.69) is 18.8 Å². The van der Waals surface area contributed by atoms with Gasteiger partial charge in [-0.25, -0.2) is 4.39 Å². The molecule has 138 valence electrons. The van der Waals surface area contributed by atoms with Crippen LogP contribution >= 0.6 is 23.2 Å². The molecule has 0 atom stereocenters. The molecule has 0 aliphatic carbocycles. The normalized spacial score (nSPS) is 11.1. The second-order valence-electron chi connectivity index (χ2n) is 6.26. The van der Waals surface area contributed by atoms with Gasteiger partial charge in [-0.2, -0.15) is 0 Å². The van der Waals surface area contributed by atoms with Crippen molar-refractivity contribution in [3.05, 3.63) is 92.7 Å². The van der Waals surface area contributed by atoms with Crippen molar-refractivity contribution in [3.8, 4) is 5.75 Å². The van der Waals surface area contributed by atoms with Gasteiger partial charge in [0.25, 0.3) is 0 Å². The van der Waals surface area contributed by atoms with Gasteiger partial charge >= 0.3 is 0 Å². The Balaban J connectivity index is 1.74. The largest absolute Gasteiger partial charge is 0.486 e. The summed E-state index contributed by atoms with van der Waals surface area (Å²) in [4.78, 5) is 4.47. The smallest absolute Gasteiger partial charge is 0.157 e. The Hall–Kier alpha value is -2.36.